The Balaban J connectivity index is 2.58. The molecule has 1 saturated carbocycles. The maximum atomic E-state index is 11.9. The Morgan fingerprint density at radius 2 is 1.88 bits per heavy atom. The number of rotatable bonds is 4. The zero-order chi connectivity index (χ0) is 12.6. The standard InChI is InChI=1S/C11H20N2O3/c1-10(2,16)7-12-8(14)11(5-6-11)9(15)13(3)4/h16H,5-7H2,1-4H3,(H,12,14). The van der Waals surface area contributed by atoms with Gasteiger partial charge in [0.25, 0.3) is 0 Å². The second kappa shape index (κ2) is 4.05. The molecule has 5 nitrogen and oxygen atoms in total. The molecule has 2 amide bonds. The molecular formula is C11H20N2O3. The van der Waals surface area contributed by atoms with Crippen molar-refractivity contribution in [3.8, 4) is 0 Å². The number of amides is 2. The first-order valence-corrected chi connectivity index (χ1v) is 5.41. The Bertz CT molecular complexity index is 301. The third kappa shape index (κ3) is 2.72. The van der Waals surface area contributed by atoms with Gasteiger partial charge in [0.15, 0.2) is 0 Å². The van der Waals surface area contributed by atoms with E-state index >= 15 is 0 Å². The molecule has 0 aromatic rings. The SMILES string of the molecule is CN(C)C(=O)C1(C(=O)NCC(C)(C)O)CC1. The van der Waals surface area contributed by atoms with Crippen molar-refractivity contribution >= 4 is 11.8 Å². The summed E-state index contributed by atoms with van der Waals surface area (Å²) in [4.78, 5) is 25.1. The van der Waals surface area contributed by atoms with Crippen molar-refractivity contribution in [3.05, 3.63) is 0 Å². The average molecular weight is 228 g/mol. The van der Waals surface area contributed by atoms with Gasteiger partial charge in [0.1, 0.15) is 5.41 Å². The van der Waals surface area contributed by atoms with Crippen LogP contribution in [0.5, 0.6) is 0 Å². The summed E-state index contributed by atoms with van der Waals surface area (Å²) in [5.74, 6) is -0.422. The lowest BCUT2D eigenvalue weighted by Crippen LogP contribution is -2.46. The van der Waals surface area contributed by atoms with Crippen molar-refractivity contribution in [1.82, 2.24) is 10.2 Å². The van der Waals surface area contributed by atoms with E-state index in [0.717, 1.165) is 0 Å². The Morgan fingerprint density at radius 1 is 1.38 bits per heavy atom. The molecule has 0 aromatic heterocycles. The van der Waals surface area contributed by atoms with E-state index < -0.39 is 11.0 Å². The molecule has 0 bridgehead atoms. The molecule has 0 saturated heterocycles. The lowest BCUT2D eigenvalue weighted by atomic mass is 10.0. The molecule has 0 aliphatic heterocycles. The number of carbonyl (C=O) groups is 2. The molecule has 0 radical (unpaired) electrons. The molecule has 0 spiro atoms. The Labute approximate surface area is 95.8 Å². The molecule has 2 N–H and O–H groups in total. The fourth-order valence-corrected chi connectivity index (χ4v) is 1.56. The van der Waals surface area contributed by atoms with Crippen LogP contribution in [0, 0.1) is 5.41 Å². The van der Waals surface area contributed by atoms with Crippen molar-refractivity contribution in [2.45, 2.75) is 32.3 Å². The summed E-state index contributed by atoms with van der Waals surface area (Å²) < 4.78 is 0. The van der Waals surface area contributed by atoms with Gasteiger partial charge in [-0.1, -0.05) is 0 Å². The summed E-state index contributed by atoms with van der Waals surface area (Å²) in [6.07, 6.45) is 1.20. The molecule has 1 fully saturated rings. The zero-order valence-electron chi connectivity index (χ0n) is 10.3. The minimum Gasteiger partial charge on any atom is -0.389 e. The van der Waals surface area contributed by atoms with Crippen LogP contribution in [0.2, 0.25) is 0 Å². The topological polar surface area (TPSA) is 69.6 Å². The molecule has 5 heteroatoms. The van der Waals surface area contributed by atoms with Gasteiger partial charge in [0, 0.05) is 20.6 Å². The van der Waals surface area contributed by atoms with Crippen LogP contribution in [-0.2, 0) is 9.59 Å². The predicted octanol–water partition coefficient (Wildman–Crippen LogP) is -0.258. The Morgan fingerprint density at radius 3 is 2.19 bits per heavy atom. The van der Waals surface area contributed by atoms with E-state index in [1.165, 1.54) is 4.90 Å². The molecule has 0 atom stereocenters. The van der Waals surface area contributed by atoms with E-state index in [4.69, 9.17) is 0 Å². The van der Waals surface area contributed by atoms with E-state index in [0.29, 0.717) is 12.8 Å². The summed E-state index contributed by atoms with van der Waals surface area (Å²) in [5, 5.41) is 12.1. The third-order valence-electron chi connectivity index (χ3n) is 2.68. The van der Waals surface area contributed by atoms with Gasteiger partial charge in [0.05, 0.1) is 5.60 Å². The van der Waals surface area contributed by atoms with Gasteiger partial charge >= 0.3 is 0 Å². The van der Waals surface area contributed by atoms with Crippen LogP contribution in [0.3, 0.4) is 0 Å². The number of nitrogens with one attached hydrogen (secondary N) is 1. The summed E-state index contributed by atoms with van der Waals surface area (Å²) in [6.45, 7) is 3.38. The summed E-state index contributed by atoms with van der Waals surface area (Å²) in [5.41, 5.74) is -1.82. The first-order valence-electron chi connectivity index (χ1n) is 5.41. The molecule has 16 heavy (non-hydrogen) atoms. The van der Waals surface area contributed by atoms with E-state index in [2.05, 4.69) is 5.32 Å². The number of aliphatic hydroxyl groups is 1. The summed E-state index contributed by atoms with van der Waals surface area (Å²) in [6, 6.07) is 0. The van der Waals surface area contributed by atoms with E-state index in [1.54, 1.807) is 27.9 Å². The number of hydrogen-bond donors (Lipinski definition) is 2. The van der Waals surface area contributed by atoms with Crippen LogP contribution < -0.4 is 5.32 Å². The molecule has 1 aliphatic rings. The second-order valence-electron chi connectivity index (χ2n) is 5.28. The van der Waals surface area contributed by atoms with E-state index in [-0.39, 0.29) is 18.4 Å². The lowest BCUT2D eigenvalue weighted by Gasteiger charge is -2.22. The summed E-state index contributed by atoms with van der Waals surface area (Å²) >= 11 is 0. The van der Waals surface area contributed by atoms with Crippen molar-refractivity contribution in [2.75, 3.05) is 20.6 Å². The summed E-state index contributed by atoms with van der Waals surface area (Å²) in [7, 11) is 3.29. The first-order chi connectivity index (χ1) is 7.19. The van der Waals surface area contributed by atoms with Crippen molar-refractivity contribution < 1.29 is 14.7 Å². The normalized spacial score (nSPS) is 17.8. The van der Waals surface area contributed by atoms with Crippen LogP contribution in [0.25, 0.3) is 0 Å². The van der Waals surface area contributed by atoms with Gasteiger partial charge < -0.3 is 15.3 Å². The van der Waals surface area contributed by atoms with Crippen molar-refractivity contribution in [3.63, 3.8) is 0 Å². The zero-order valence-corrected chi connectivity index (χ0v) is 10.3. The molecule has 0 heterocycles. The van der Waals surface area contributed by atoms with Crippen molar-refractivity contribution in [1.29, 1.82) is 0 Å². The number of nitrogens with zero attached hydrogens (tertiary/aromatic N) is 1. The molecule has 0 unspecified atom stereocenters. The van der Waals surface area contributed by atoms with Gasteiger partial charge in [0.2, 0.25) is 11.8 Å². The van der Waals surface area contributed by atoms with Crippen LogP contribution in [0.15, 0.2) is 0 Å². The molecule has 1 rings (SSSR count). The fourth-order valence-electron chi connectivity index (χ4n) is 1.56. The largest absolute Gasteiger partial charge is 0.389 e. The number of carbonyl (C=O) groups excluding carboxylic acids is 2. The van der Waals surface area contributed by atoms with Crippen LogP contribution in [0.4, 0.5) is 0 Å². The average Bonchev–Trinajstić information content (AvgIpc) is 2.92. The van der Waals surface area contributed by atoms with Crippen LogP contribution >= 0.6 is 0 Å². The van der Waals surface area contributed by atoms with Gasteiger partial charge in [-0.2, -0.15) is 0 Å². The highest BCUT2D eigenvalue weighted by atomic mass is 16.3. The molecular weight excluding hydrogens is 208 g/mol. The van der Waals surface area contributed by atoms with Crippen molar-refractivity contribution in [2.24, 2.45) is 5.41 Å². The second-order valence-corrected chi connectivity index (χ2v) is 5.28. The molecule has 0 aromatic carbocycles. The predicted molar refractivity (Wildman–Crippen MR) is 59.7 cm³/mol. The number of hydrogen-bond acceptors (Lipinski definition) is 3. The third-order valence-corrected chi connectivity index (χ3v) is 2.68. The smallest absolute Gasteiger partial charge is 0.237 e. The highest BCUT2D eigenvalue weighted by molar-refractivity contribution is 6.07. The lowest BCUT2D eigenvalue weighted by molar-refractivity contribution is -0.142. The van der Waals surface area contributed by atoms with Crippen LogP contribution in [0.1, 0.15) is 26.7 Å². The Kier molecular flexibility index (Phi) is 3.28. The monoisotopic (exact) mass is 228 g/mol. The minimum absolute atomic E-state index is 0.152. The minimum atomic E-state index is -0.951. The van der Waals surface area contributed by atoms with Gasteiger partial charge in [-0.25, -0.2) is 0 Å². The molecule has 92 valence electrons. The Hall–Kier alpha value is -1.10. The maximum Gasteiger partial charge on any atom is 0.237 e. The van der Waals surface area contributed by atoms with Gasteiger partial charge in [-0.3, -0.25) is 9.59 Å². The first kappa shape index (κ1) is 13.0. The van der Waals surface area contributed by atoms with Gasteiger partial charge in [-0.15, -0.1) is 0 Å². The molecule has 1 aliphatic carbocycles. The quantitative estimate of drug-likeness (QED) is 0.651. The fraction of sp³-hybridized carbons (Fsp3) is 0.818. The highest BCUT2D eigenvalue weighted by Gasteiger charge is 2.57. The van der Waals surface area contributed by atoms with E-state index in [1.807, 2.05) is 0 Å². The van der Waals surface area contributed by atoms with E-state index in [9.17, 15) is 14.7 Å². The highest BCUT2D eigenvalue weighted by Crippen LogP contribution is 2.47. The maximum absolute atomic E-state index is 11.9. The van der Waals surface area contributed by atoms with Crippen LogP contribution in [-0.4, -0.2) is 48.1 Å². The van der Waals surface area contributed by atoms with Gasteiger partial charge in [-0.05, 0) is 26.7 Å².